The fourth-order valence-corrected chi connectivity index (χ4v) is 1.83. The van der Waals surface area contributed by atoms with Gasteiger partial charge in [0.2, 0.25) is 5.95 Å². The molecule has 1 heterocycles. The van der Waals surface area contributed by atoms with E-state index in [-0.39, 0.29) is 5.82 Å². The minimum absolute atomic E-state index is 0.237. The first-order chi connectivity index (χ1) is 8.08. The summed E-state index contributed by atoms with van der Waals surface area (Å²) in [6, 6.07) is 4.87. The fourth-order valence-electron chi connectivity index (χ4n) is 1.83. The second kappa shape index (κ2) is 4.57. The zero-order valence-electron chi connectivity index (χ0n) is 10.3. The second-order valence-corrected chi connectivity index (χ2v) is 4.13. The molecule has 0 aliphatic heterocycles. The van der Waals surface area contributed by atoms with Crippen molar-refractivity contribution in [3.8, 4) is 0 Å². The van der Waals surface area contributed by atoms with Gasteiger partial charge in [0.1, 0.15) is 5.82 Å². The summed E-state index contributed by atoms with van der Waals surface area (Å²) in [4.78, 5) is 4.37. The average molecular weight is 233 g/mol. The molecule has 0 aliphatic carbocycles. The van der Waals surface area contributed by atoms with Crippen molar-refractivity contribution >= 4 is 11.6 Å². The van der Waals surface area contributed by atoms with Crippen LogP contribution in [-0.4, -0.2) is 9.55 Å². The predicted octanol–water partition coefficient (Wildman–Crippen LogP) is 3.40. The highest BCUT2D eigenvalue weighted by atomic mass is 19.1. The topological polar surface area (TPSA) is 29.9 Å². The van der Waals surface area contributed by atoms with Gasteiger partial charge in [-0.1, -0.05) is 0 Å². The summed E-state index contributed by atoms with van der Waals surface area (Å²) in [7, 11) is 0. The maximum absolute atomic E-state index is 13.3. The van der Waals surface area contributed by atoms with E-state index in [1.165, 1.54) is 12.1 Å². The van der Waals surface area contributed by atoms with Crippen LogP contribution in [0.3, 0.4) is 0 Å². The van der Waals surface area contributed by atoms with Gasteiger partial charge in [0.25, 0.3) is 0 Å². The van der Waals surface area contributed by atoms with E-state index >= 15 is 0 Å². The maximum atomic E-state index is 13.3. The van der Waals surface area contributed by atoms with E-state index in [0.717, 1.165) is 29.4 Å². The lowest BCUT2D eigenvalue weighted by Crippen LogP contribution is -2.01. The van der Waals surface area contributed by atoms with Crippen molar-refractivity contribution in [1.82, 2.24) is 9.55 Å². The molecule has 0 fully saturated rings. The van der Waals surface area contributed by atoms with Crippen LogP contribution < -0.4 is 5.32 Å². The Morgan fingerprint density at radius 2 is 2.06 bits per heavy atom. The molecule has 0 spiro atoms. The molecule has 0 amide bonds. The van der Waals surface area contributed by atoms with Crippen LogP contribution in [0.15, 0.2) is 24.4 Å². The molecule has 4 heteroatoms. The number of nitrogens with zero attached hydrogens (tertiary/aromatic N) is 2. The normalized spacial score (nSPS) is 10.6. The Bertz CT molecular complexity index is 511. The standard InChI is InChI=1S/C13H16FN3/c1-4-17-8-10(3)15-13(17)16-12-6-9(2)5-11(14)7-12/h5-8H,4H2,1-3H3,(H,15,16). The molecule has 0 aliphatic rings. The van der Waals surface area contributed by atoms with Gasteiger partial charge in [-0.05, 0) is 44.5 Å². The van der Waals surface area contributed by atoms with Gasteiger partial charge in [-0.3, -0.25) is 0 Å². The number of imidazole rings is 1. The van der Waals surface area contributed by atoms with Crippen molar-refractivity contribution in [2.45, 2.75) is 27.3 Å². The summed E-state index contributed by atoms with van der Waals surface area (Å²) >= 11 is 0. The highest BCUT2D eigenvalue weighted by molar-refractivity contribution is 5.55. The number of benzene rings is 1. The molecule has 2 aromatic rings. The lowest BCUT2D eigenvalue weighted by molar-refractivity contribution is 0.627. The van der Waals surface area contributed by atoms with Crippen LogP contribution >= 0.6 is 0 Å². The van der Waals surface area contributed by atoms with Crippen molar-refractivity contribution in [1.29, 1.82) is 0 Å². The van der Waals surface area contributed by atoms with Crippen molar-refractivity contribution in [3.63, 3.8) is 0 Å². The number of rotatable bonds is 3. The molecule has 1 aromatic carbocycles. The monoisotopic (exact) mass is 233 g/mol. The van der Waals surface area contributed by atoms with Crippen molar-refractivity contribution in [2.24, 2.45) is 0 Å². The van der Waals surface area contributed by atoms with E-state index in [2.05, 4.69) is 10.3 Å². The highest BCUT2D eigenvalue weighted by Crippen LogP contribution is 2.19. The number of halogens is 1. The van der Waals surface area contributed by atoms with Gasteiger partial charge in [-0.2, -0.15) is 0 Å². The molecular formula is C13H16FN3. The third-order valence-electron chi connectivity index (χ3n) is 2.54. The average Bonchev–Trinajstić information content (AvgIpc) is 2.57. The predicted molar refractivity (Wildman–Crippen MR) is 67.1 cm³/mol. The smallest absolute Gasteiger partial charge is 0.207 e. The molecule has 0 saturated carbocycles. The van der Waals surface area contributed by atoms with Gasteiger partial charge in [0, 0.05) is 18.4 Å². The Morgan fingerprint density at radius 3 is 2.71 bits per heavy atom. The summed E-state index contributed by atoms with van der Waals surface area (Å²) in [5.74, 6) is 0.508. The van der Waals surface area contributed by atoms with Crippen LogP contribution in [0.5, 0.6) is 0 Å². The van der Waals surface area contributed by atoms with E-state index < -0.39 is 0 Å². The zero-order valence-corrected chi connectivity index (χ0v) is 10.3. The van der Waals surface area contributed by atoms with E-state index in [4.69, 9.17) is 0 Å². The number of aryl methyl sites for hydroxylation is 3. The van der Waals surface area contributed by atoms with Gasteiger partial charge in [0.05, 0.1) is 5.69 Å². The van der Waals surface area contributed by atoms with E-state index in [0.29, 0.717) is 0 Å². The second-order valence-electron chi connectivity index (χ2n) is 4.13. The maximum Gasteiger partial charge on any atom is 0.207 e. The molecule has 17 heavy (non-hydrogen) atoms. The Labute approximate surface area is 100 Å². The molecule has 0 bridgehead atoms. The molecule has 3 nitrogen and oxygen atoms in total. The molecule has 0 unspecified atom stereocenters. The van der Waals surface area contributed by atoms with Crippen LogP contribution in [0.4, 0.5) is 16.0 Å². The van der Waals surface area contributed by atoms with Crippen molar-refractivity contribution in [2.75, 3.05) is 5.32 Å². The minimum atomic E-state index is -0.237. The largest absolute Gasteiger partial charge is 0.325 e. The van der Waals surface area contributed by atoms with E-state index in [9.17, 15) is 4.39 Å². The molecule has 90 valence electrons. The number of nitrogens with one attached hydrogen (secondary N) is 1. The Morgan fingerprint density at radius 1 is 1.29 bits per heavy atom. The summed E-state index contributed by atoms with van der Waals surface area (Å²) in [5, 5.41) is 3.14. The molecule has 0 saturated heterocycles. The summed E-state index contributed by atoms with van der Waals surface area (Å²) in [6.45, 7) is 6.68. The number of aromatic nitrogens is 2. The lowest BCUT2D eigenvalue weighted by atomic mass is 10.2. The van der Waals surface area contributed by atoms with Crippen LogP contribution in [0.1, 0.15) is 18.2 Å². The van der Waals surface area contributed by atoms with Crippen molar-refractivity contribution in [3.05, 3.63) is 41.5 Å². The van der Waals surface area contributed by atoms with Gasteiger partial charge in [-0.15, -0.1) is 0 Å². The van der Waals surface area contributed by atoms with Gasteiger partial charge < -0.3 is 9.88 Å². The molecular weight excluding hydrogens is 217 g/mol. The molecule has 1 aromatic heterocycles. The first-order valence-corrected chi connectivity index (χ1v) is 5.66. The minimum Gasteiger partial charge on any atom is -0.325 e. The number of anilines is 2. The Hall–Kier alpha value is -1.84. The summed E-state index contributed by atoms with van der Waals surface area (Å²) < 4.78 is 15.2. The van der Waals surface area contributed by atoms with Crippen LogP contribution in [0.25, 0.3) is 0 Å². The lowest BCUT2D eigenvalue weighted by Gasteiger charge is -2.08. The Balaban J connectivity index is 2.30. The van der Waals surface area contributed by atoms with Crippen LogP contribution in [0, 0.1) is 19.7 Å². The van der Waals surface area contributed by atoms with Gasteiger partial charge >= 0.3 is 0 Å². The van der Waals surface area contributed by atoms with Gasteiger partial charge in [0.15, 0.2) is 0 Å². The zero-order chi connectivity index (χ0) is 12.4. The van der Waals surface area contributed by atoms with E-state index in [1.54, 1.807) is 0 Å². The van der Waals surface area contributed by atoms with E-state index in [1.807, 2.05) is 37.6 Å². The number of hydrogen-bond donors (Lipinski definition) is 1. The van der Waals surface area contributed by atoms with Gasteiger partial charge in [-0.25, -0.2) is 9.37 Å². The summed E-state index contributed by atoms with van der Waals surface area (Å²) in [6.07, 6.45) is 1.97. The highest BCUT2D eigenvalue weighted by Gasteiger charge is 2.05. The third-order valence-corrected chi connectivity index (χ3v) is 2.54. The SMILES string of the molecule is CCn1cc(C)nc1Nc1cc(C)cc(F)c1. The Kier molecular flexibility index (Phi) is 3.13. The first-order valence-electron chi connectivity index (χ1n) is 5.66. The summed E-state index contributed by atoms with van der Waals surface area (Å²) in [5.41, 5.74) is 2.56. The third kappa shape index (κ3) is 2.64. The molecule has 2 rings (SSSR count). The molecule has 0 radical (unpaired) electrons. The fraction of sp³-hybridized carbons (Fsp3) is 0.308. The molecule has 1 N–H and O–H groups in total. The van der Waals surface area contributed by atoms with Crippen molar-refractivity contribution < 1.29 is 4.39 Å². The number of hydrogen-bond acceptors (Lipinski definition) is 2. The van der Waals surface area contributed by atoms with Crippen LogP contribution in [0.2, 0.25) is 0 Å². The quantitative estimate of drug-likeness (QED) is 0.880. The molecule has 0 atom stereocenters. The first kappa shape index (κ1) is 11.6. The van der Waals surface area contributed by atoms with Crippen LogP contribution in [-0.2, 0) is 6.54 Å².